The Morgan fingerprint density at radius 3 is 2.54 bits per heavy atom. The van der Waals surface area contributed by atoms with Crippen LogP contribution in [0.25, 0.3) is 10.9 Å². The van der Waals surface area contributed by atoms with Crippen LogP contribution in [-0.2, 0) is 21.4 Å². The quantitative estimate of drug-likeness (QED) is 0.563. The van der Waals surface area contributed by atoms with Gasteiger partial charge in [-0.3, -0.25) is 4.79 Å². The molecule has 3 heterocycles. The Morgan fingerprint density at radius 2 is 1.77 bits per heavy atom. The summed E-state index contributed by atoms with van der Waals surface area (Å²) in [5.41, 5.74) is 1.58. The van der Waals surface area contributed by atoms with Crippen LogP contribution in [-0.4, -0.2) is 49.8 Å². The minimum atomic E-state index is -3.47. The van der Waals surface area contributed by atoms with Gasteiger partial charge in [-0.15, -0.1) is 0 Å². The predicted octanol–water partition coefficient (Wildman–Crippen LogP) is 3.69. The summed E-state index contributed by atoms with van der Waals surface area (Å²) in [5, 5.41) is 3.74. The lowest BCUT2D eigenvalue weighted by molar-refractivity contribution is -0.125. The number of sulfonamides is 1. The minimum absolute atomic E-state index is 0.0171. The molecule has 0 spiro atoms. The van der Waals surface area contributed by atoms with Gasteiger partial charge < -0.3 is 10.2 Å². The molecule has 1 atom stereocenters. The second-order valence-electron chi connectivity index (χ2n) is 9.26. The number of amides is 1. The molecule has 7 nitrogen and oxygen atoms in total. The molecule has 1 amide bonds. The van der Waals surface area contributed by atoms with Crippen LogP contribution in [0, 0.1) is 11.7 Å². The highest BCUT2D eigenvalue weighted by Crippen LogP contribution is 2.27. The summed E-state index contributed by atoms with van der Waals surface area (Å²) in [6, 6.07) is 15.0. The maximum Gasteiger partial charge on any atom is 0.243 e. The van der Waals surface area contributed by atoms with Crippen molar-refractivity contribution in [1.82, 2.24) is 14.6 Å². The van der Waals surface area contributed by atoms with Crippen LogP contribution in [0.5, 0.6) is 0 Å². The normalized spacial score (nSPS) is 19.2. The Bertz CT molecular complexity index is 1320. The van der Waals surface area contributed by atoms with Gasteiger partial charge in [-0.2, -0.15) is 4.31 Å². The van der Waals surface area contributed by atoms with Crippen molar-refractivity contribution in [3.63, 3.8) is 0 Å². The Labute approximate surface area is 205 Å². The molecular formula is C26H29FN4O3S. The van der Waals surface area contributed by atoms with Gasteiger partial charge in [0.05, 0.1) is 16.3 Å². The van der Waals surface area contributed by atoms with Crippen molar-refractivity contribution < 1.29 is 17.6 Å². The second kappa shape index (κ2) is 9.91. The Kier molecular flexibility index (Phi) is 6.71. The highest BCUT2D eigenvalue weighted by atomic mass is 32.2. The summed E-state index contributed by atoms with van der Waals surface area (Å²) < 4.78 is 40.4. The molecule has 35 heavy (non-hydrogen) atoms. The molecule has 0 bridgehead atoms. The fourth-order valence-corrected chi connectivity index (χ4v) is 6.40. The van der Waals surface area contributed by atoms with Crippen LogP contribution in [0.3, 0.4) is 0 Å². The number of nitrogens with zero attached hydrogens (tertiary/aromatic N) is 3. The van der Waals surface area contributed by atoms with E-state index in [9.17, 15) is 17.6 Å². The molecule has 1 aromatic heterocycles. The van der Waals surface area contributed by atoms with Gasteiger partial charge in [0.25, 0.3) is 0 Å². The standard InChI is InChI=1S/C26H29FN4O3S/c27-22-8-5-19(6-9-22)17-28-26(32)21-4-3-13-30(18-21)25-12-7-20-16-23(10-11-24(20)29-25)35(33,34)31-14-1-2-15-31/h5-12,16,21H,1-4,13-15,17-18H2,(H,28,32)/t21-/m0/s1. The van der Waals surface area contributed by atoms with Crippen molar-refractivity contribution in [3.05, 3.63) is 66.0 Å². The number of fused-ring (bicyclic) bond motifs is 1. The zero-order chi connectivity index (χ0) is 24.4. The highest BCUT2D eigenvalue weighted by Gasteiger charge is 2.28. The third kappa shape index (κ3) is 5.16. The topological polar surface area (TPSA) is 82.6 Å². The maximum absolute atomic E-state index is 13.1. The molecule has 2 fully saturated rings. The number of halogens is 1. The predicted molar refractivity (Wildman–Crippen MR) is 133 cm³/mol. The molecule has 2 aromatic carbocycles. The molecule has 2 aliphatic rings. The van der Waals surface area contributed by atoms with E-state index in [1.165, 1.54) is 12.1 Å². The number of pyridine rings is 1. The van der Waals surface area contributed by atoms with Crippen molar-refractivity contribution in [3.8, 4) is 0 Å². The van der Waals surface area contributed by atoms with E-state index >= 15 is 0 Å². The molecule has 0 saturated carbocycles. The number of anilines is 1. The van der Waals surface area contributed by atoms with Crippen LogP contribution in [0.2, 0.25) is 0 Å². The number of piperidine rings is 1. The first-order chi connectivity index (χ1) is 16.9. The van der Waals surface area contributed by atoms with Gasteiger partial charge in [-0.25, -0.2) is 17.8 Å². The van der Waals surface area contributed by atoms with Crippen molar-refractivity contribution in [2.45, 2.75) is 37.1 Å². The zero-order valence-electron chi connectivity index (χ0n) is 19.5. The molecule has 1 N–H and O–H groups in total. The zero-order valence-corrected chi connectivity index (χ0v) is 20.3. The van der Waals surface area contributed by atoms with Crippen LogP contribution < -0.4 is 10.2 Å². The van der Waals surface area contributed by atoms with Gasteiger partial charge in [0, 0.05) is 38.1 Å². The van der Waals surface area contributed by atoms with Gasteiger partial charge in [0.1, 0.15) is 11.6 Å². The summed E-state index contributed by atoms with van der Waals surface area (Å²) in [5.74, 6) is 0.310. The summed E-state index contributed by atoms with van der Waals surface area (Å²) >= 11 is 0. The molecule has 0 radical (unpaired) electrons. The van der Waals surface area contributed by atoms with Crippen molar-refractivity contribution in [2.24, 2.45) is 5.92 Å². The fraction of sp³-hybridized carbons (Fsp3) is 0.385. The molecule has 0 unspecified atom stereocenters. The molecule has 0 aliphatic carbocycles. The van der Waals surface area contributed by atoms with Crippen LogP contribution in [0.1, 0.15) is 31.2 Å². The number of carbonyl (C=O) groups is 1. The Morgan fingerprint density at radius 1 is 1.00 bits per heavy atom. The molecule has 5 rings (SSSR count). The average molecular weight is 497 g/mol. The van der Waals surface area contributed by atoms with E-state index < -0.39 is 10.0 Å². The van der Waals surface area contributed by atoms with Crippen LogP contribution in [0.15, 0.2) is 59.5 Å². The van der Waals surface area contributed by atoms with Gasteiger partial charge in [-0.1, -0.05) is 12.1 Å². The first-order valence-corrected chi connectivity index (χ1v) is 13.5. The molecule has 2 aliphatic heterocycles. The third-order valence-corrected chi connectivity index (χ3v) is 8.74. The largest absolute Gasteiger partial charge is 0.356 e. The van der Waals surface area contributed by atoms with Gasteiger partial charge >= 0.3 is 0 Å². The molecular weight excluding hydrogens is 467 g/mol. The number of rotatable bonds is 6. The van der Waals surface area contributed by atoms with Crippen molar-refractivity contribution >= 4 is 32.7 Å². The number of hydrogen-bond acceptors (Lipinski definition) is 5. The molecule has 3 aromatic rings. The number of aromatic nitrogens is 1. The van der Waals surface area contributed by atoms with Gasteiger partial charge in [-0.05, 0) is 73.7 Å². The van der Waals surface area contributed by atoms with Gasteiger partial charge in [0.2, 0.25) is 15.9 Å². The summed E-state index contributed by atoms with van der Waals surface area (Å²) in [4.78, 5) is 20.0. The number of nitrogens with one attached hydrogen (secondary N) is 1. The molecule has 2 saturated heterocycles. The van der Waals surface area contributed by atoms with E-state index in [4.69, 9.17) is 4.98 Å². The average Bonchev–Trinajstić information content (AvgIpc) is 3.44. The van der Waals surface area contributed by atoms with Crippen LogP contribution in [0.4, 0.5) is 10.2 Å². The lowest BCUT2D eigenvalue weighted by Gasteiger charge is -2.33. The summed E-state index contributed by atoms with van der Waals surface area (Å²) in [7, 11) is -3.47. The van der Waals surface area contributed by atoms with E-state index in [1.807, 2.05) is 12.1 Å². The van der Waals surface area contributed by atoms with E-state index in [2.05, 4.69) is 10.2 Å². The SMILES string of the molecule is O=C(NCc1ccc(F)cc1)[C@H]1CCCN(c2ccc3cc(S(=O)(=O)N4CCCC4)ccc3n2)C1. The van der Waals surface area contributed by atoms with E-state index in [0.29, 0.717) is 31.1 Å². The highest BCUT2D eigenvalue weighted by molar-refractivity contribution is 7.89. The lowest BCUT2D eigenvalue weighted by Crippen LogP contribution is -2.43. The lowest BCUT2D eigenvalue weighted by atomic mass is 9.97. The smallest absolute Gasteiger partial charge is 0.243 e. The monoisotopic (exact) mass is 496 g/mol. The van der Waals surface area contributed by atoms with Crippen molar-refractivity contribution in [1.29, 1.82) is 0 Å². The third-order valence-electron chi connectivity index (χ3n) is 6.84. The number of benzene rings is 2. The van der Waals surface area contributed by atoms with E-state index in [1.54, 1.807) is 34.6 Å². The molecule has 9 heteroatoms. The fourth-order valence-electron chi connectivity index (χ4n) is 4.84. The summed E-state index contributed by atoms with van der Waals surface area (Å²) in [6.45, 7) is 2.89. The minimum Gasteiger partial charge on any atom is -0.356 e. The molecule has 184 valence electrons. The van der Waals surface area contributed by atoms with E-state index in [0.717, 1.165) is 54.5 Å². The summed E-state index contributed by atoms with van der Waals surface area (Å²) in [6.07, 6.45) is 3.48. The van der Waals surface area contributed by atoms with E-state index in [-0.39, 0.29) is 17.6 Å². The van der Waals surface area contributed by atoms with Crippen molar-refractivity contribution in [2.75, 3.05) is 31.1 Å². The second-order valence-corrected chi connectivity index (χ2v) is 11.2. The number of hydrogen-bond donors (Lipinski definition) is 1. The van der Waals surface area contributed by atoms with Crippen LogP contribution >= 0.6 is 0 Å². The van der Waals surface area contributed by atoms with Gasteiger partial charge in [0.15, 0.2) is 0 Å². The Hall–Kier alpha value is -3.04. The maximum atomic E-state index is 13.1. The first-order valence-electron chi connectivity index (χ1n) is 12.1. The Balaban J connectivity index is 1.27. The first kappa shape index (κ1) is 23.7. The number of carbonyl (C=O) groups excluding carboxylic acids is 1.